The summed E-state index contributed by atoms with van der Waals surface area (Å²) in [6, 6.07) is 8.65. The van der Waals surface area contributed by atoms with E-state index in [-0.39, 0.29) is 24.7 Å². The molecule has 0 aromatic heterocycles. The van der Waals surface area contributed by atoms with Gasteiger partial charge in [0, 0.05) is 5.54 Å². The molecule has 0 spiro atoms. The van der Waals surface area contributed by atoms with Crippen LogP contribution in [-0.2, 0) is 30.4 Å². The summed E-state index contributed by atoms with van der Waals surface area (Å²) in [5.74, 6) is -0.678. The van der Waals surface area contributed by atoms with Crippen LogP contribution in [-0.4, -0.2) is 56.0 Å². The smallest absolute Gasteiger partial charge is 0.463 e. The number of likely N-dealkylation sites (tertiary alicyclic amines) is 1. The van der Waals surface area contributed by atoms with Crippen LogP contribution in [0.3, 0.4) is 0 Å². The molecular formula is C24H35NO6Si. The van der Waals surface area contributed by atoms with Crippen molar-refractivity contribution in [2.75, 3.05) is 6.61 Å². The Morgan fingerprint density at radius 1 is 1.19 bits per heavy atom. The number of hydrogen-bond donors (Lipinski definition) is 0. The van der Waals surface area contributed by atoms with Crippen LogP contribution >= 0.6 is 0 Å². The Morgan fingerprint density at radius 3 is 2.28 bits per heavy atom. The Morgan fingerprint density at radius 2 is 1.78 bits per heavy atom. The Balaban J connectivity index is 2.30. The molecule has 1 saturated heterocycles. The van der Waals surface area contributed by atoms with Crippen molar-refractivity contribution in [3.63, 3.8) is 0 Å². The van der Waals surface area contributed by atoms with Gasteiger partial charge in [0.25, 0.3) is 0 Å². The van der Waals surface area contributed by atoms with Crippen LogP contribution in [0.4, 0.5) is 4.79 Å². The van der Waals surface area contributed by atoms with E-state index < -0.39 is 43.6 Å². The number of esters is 1. The van der Waals surface area contributed by atoms with E-state index in [1.54, 1.807) is 18.7 Å². The van der Waals surface area contributed by atoms with Crippen molar-refractivity contribution in [3.05, 3.63) is 48.0 Å². The van der Waals surface area contributed by atoms with Crippen LogP contribution in [0.2, 0.25) is 18.1 Å². The molecule has 1 aromatic carbocycles. The average Bonchev–Trinajstić information content (AvgIpc) is 2.69. The lowest BCUT2D eigenvalue weighted by molar-refractivity contribution is -0.170. The molecule has 8 heteroatoms. The minimum Gasteiger partial charge on any atom is -0.463 e. The van der Waals surface area contributed by atoms with Gasteiger partial charge in [0.05, 0.1) is 32.1 Å². The first-order valence-corrected chi connectivity index (χ1v) is 13.8. The van der Waals surface area contributed by atoms with E-state index >= 15 is 0 Å². The van der Waals surface area contributed by atoms with Crippen molar-refractivity contribution in [1.29, 1.82) is 0 Å². The van der Waals surface area contributed by atoms with Crippen LogP contribution < -0.4 is 0 Å². The van der Waals surface area contributed by atoms with Gasteiger partial charge in [-0.1, -0.05) is 50.0 Å². The molecule has 0 saturated carbocycles. The molecule has 1 heterocycles. The third kappa shape index (κ3) is 4.75. The minimum absolute atomic E-state index is 0.0690. The van der Waals surface area contributed by atoms with Gasteiger partial charge in [-0.3, -0.25) is 4.79 Å². The SMILES string of the molecule is C=C(C(=O)OCC)[C@@H]1N(C(C)(C)C)C(=O)[C@]1(C(C)OC(=O)OCc1ccccc1)[SiH](C)C. The summed E-state index contributed by atoms with van der Waals surface area (Å²) in [6.45, 7) is 17.4. The molecule has 0 N–H and O–H groups in total. The zero-order chi connectivity index (χ0) is 24.3. The maximum absolute atomic E-state index is 13.6. The van der Waals surface area contributed by atoms with Crippen LogP contribution in [0.1, 0.15) is 40.2 Å². The van der Waals surface area contributed by atoms with E-state index in [9.17, 15) is 14.4 Å². The van der Waals surface area contributed by atoms with Gasteiger partial charge in [-0.05, 0) is 40.2 Å². The van der Waals surface area contributed by atoms with Crippen molar-refractivity contribution < 1.29 is 28.6 Å². The van der Waals surface area contributed by atoms with Gasteiger partial charge in [-0.15, -0.1) is 0 Å². The highest BCUT2D eigenvalue weighted by molar-refractivity contribution is 6.66. The highest BCUT2D eigenvalue weighted by Crippen LogP contribution is 2.57. The molecule has 176 valence electrons. The number of rotatable bonds is 8. The van der Waals surface area contributed by atoms with Crippen molar-refractivity contribution in [2.24, 2.45) is 0 Å². The number of carbonyl (C=O) groups is 3. The number of benzene rings is 1. The van der Waals surface area contributed by atoms with Gasteiger partial charge in [0.1, 0.15) is 12.7 Å². The molecule has 0 bridgehead atoms. The maximum Gasteiger partial charge on any atom is 0.508 e. The third-order valence-electron chi connectivity index (χ3n) is 5.99. The van der Waals surface area contributed by atoms with E-state index in [0.29, 0.717) is 0 Å². The van der Waals surface area contributed by atoms with E-state index in [4.69, 9.17) is 14.2 Å². The number of β-lactam (4-membered cyclic amide) rings is 1. The zero-order valence-electron chi connectivity index (χ0n) is 20.1. The molecular weight excluding hydrogens is 426 g/mol. The summed E-state index contributed by atoms with van der Waals surface area (Å²) in [5.41, 5.74) is 0.491. The van der Waals surface area contributed by atoms with Gasteiger partial charge in [-0.2, -0.15) is 0 Å². The monoisotopic (exact) mass is 461 g/mol. The quantitative estimate of drug-likeness (QED) is 0.251. The molecule has 0 aliphatic carbocycles. The van der Waals surface area contributed by atoms with Crippen LogP contribution in [0.15, 0.2) is 42.5 Å². The second-order valence-electron chi connectivity index (χ2n) is 9.37. The van der Waals surface area contributed by atoms with Crippen LogP contribution in [0.5, 0.6) is 0 Å². The number of carbonyl (C=O) groups excluding carboxylic acids is 3. The van der Waals surface area contributed by atoms with Crippen molar-refractivity contribution in [2.45, 2.75) is 77.0 Å². The Bertz CT molecular complexity index is 863. The molecule has 3 atom stereocenters. The largest absolute Gasteiger partial charge is 0.508 e. The summed E-state index contributed by atoms with van der Waals surface area (Å²) in [4.78, 5) is 40.3. The highest BCUT2D eigenvalue weighted by atomic mass is 28.3. The molecule has 1 amide bonds. The normalized spacial score (nSPS) is 21.6. The number of amides is 1. The molecule has 0 radical (unpaired) electrons. The fourth-order valence-electron chi connectivity index (χ4n) is 4.48. The first-order chi connectivity index (χ1) is 14.9. The van der Waals surface area contributed by atoms with Gasteiger partial charge in [0.2, 0.25) is 5.91 Å². The van der Waals surface area contributed by atoms with Crippen molar-refractivity contribution in [3.8, 4) is 0 Å². The topological polar surface area (TPSA) is 82.1 Å². The summed E-state index contributed by atoms with van der Waals surface area (Å²) in [6.07, 6.45) is -1.64. The molecule has 1 fully saturated rings. The van der Waals surface area contributed by atoms with Crippen LogP contribution in [0, 0.1) is 0 Å². The fraction of sp³-hybridized carbons (Fsp3) is 0.542. The molecule has 1 aromatic rings. The fourth-order valence-corrected chi connectivity index (χ4v) is 7.10. The Labute approximate surface area is 192 Å². The average molecular weight is 462 g/mol. The molecule has 1 aliphatic rings. The summed E-state index contributed by atoms with van der Waals surface area (Å²) in [5, 5.41) is -1.02. The third-order valence-corrected chi connectivity index (χ3v) is 8.93. The lowest BCUT2D eigenvalue weighted by Gasteiger charge is -2.63. The number of ether oxygens (including phenoxy) is 3. The van der Waals surface area contributed by atoms with Gasteiger partial charge in [0.15, 0.2) is 0 Å². The molecule has 1 unspecified atom stereocenters. The zero-order valence-corrected chi connectivity index (χ0v) is 21.3. The predicted octanol–water partition coefficient (Wildman–Crippen LogP) is 4.08. The second-order valence-corrected chi connectivity index (χ2v) is 12.6. The molecule has 32 heavy (non-hydrogen) atoms. The minimum atomic E-state index is -1.85. The first-order valence-electron chi connectivity index (χ1n) is 11.0. The van der Waals surface area contributed by atoms with Crippen molar-refractivity contribution >= 4 is 26.8 Å². The van der Waals surface area contributed by atoms with Crippen molar-refractivity contribution in [1.82, 2.24) is 4.90 Å². The standard InChI is InChI=1S/C24H35NO6Si/c1-9-29-20(26)16(2)19-24(32(7)8,21(27)25(19)23(4,5)6)17(3)31-22(28)30-15-18-13-11-10-12-14-18/h10-14,17,19,32H,2,9,15H2,1,3-8H3/t17?,19-,24+/m0/s1. The molecule has 7 nitrogen and oxygen atoms in total. The first kappa shape index (κ1) is 25.6. The lowest BCUT2D eigenvalue weighted by Crippen LogP contribution is -2.77. The predicted molar refractivity (Wildman–Crippen MR) is 125 cm³/mol. The van der Waals surface area contributed by atoms with E-state index in [1.807, 2.05) is 64.2 Å². The summed E-state index contributed by atoms with van der Waals surface area (Å²) < 4.78 is 16.1. The number of hydrogen-bond acceptors (Lipinski definition) is 6. The molecule has 1 aliphatic heterocycles. The summed E-state index contributed by atoms with van der Waals surface area (Å²) in [7, 11) is -1.85. The molecule has 2 rings (SSSR count). The number of nitrogens with zero attached hydrogens (tertiary/aromatic N) is 1. The Hall–Kier alpha value is -2.61. The highest BCUT2D eigenvalue weighted by Gasteiger charge is 2.69. The van der Waals surface area contributed by atoms with E-state index in [1.165, 1.54) is 0 Å². The Kier molecular flexibility index (Phi) is 7.93. The summed E-state index contributed by atoms with van der Waals surface area (Å²) >= 11 is 0. The van der Waals surface area contributed by atoms with E-state index in [0.717, 1.165) is 5.56 Å². The maximum atomic E-state index is 13.6. The lowest BCUT2D eigenvalue weighted by atomic mass is 9.74. The van der Waals surface area contributed by atoms with Crippen LogP contribution in [0.25, 0.3) is 0 Å². The van der Waals surface area contributed by atoms with Gasteiger partial charge in [-0.25, -0.2) is 9.59 Å². The second kappa shape index (κ2) is 9.89. The van der Waals surface area contributed by atoms with Gasteiger partial charge >= 0.3 is 12.1 Å². The van der Waals surface area contributed by atoms with Gasteiger partial charge < -0.3 is 19.1 Å². The van der Waals surface area contributed by atoms with E-state index in [2.05, 4.69) is 6.58 Å².